The molecule has 0 saturated carbocycles. The number of hydrogen-bond donors (Lipinski definition) is 3. The molecule has 2 aromatic carbocycles. The first-order chi connectivity index (χ1) is 18.6. The summed E-state index contributed by atoms with van der Waals surface area (Å²) in [6.07, 6.45) is 4.52. The molecule has 1 aliphatic heterocycles. The molecule has 0 saturated heterocycles. The van der Waals surface area contributed by atoms with Crippen LogP contribution in [0.2, 0.25) is 0 Å². The summed E-state index contributed by atoms with van der Waals surface area (Å²) in [5.74, 6) is -0.0479. The van der Waals surface area contributed by atoms with Crippen LogP contribution >= 0.6 is 0 Å². The van der Waals surface area contributed by atoms with Crippen molar-refractivity contribution in [1.29, 1.82) is 0 Å². The molecule has 2 aromatic rings. The van der Waals surface area contributed by atoms with Crippen molar-refractivity contribution in [2.75, 3.05) is 6.54 Å². The van der Waals surface area contributed by atoms with E-state index in [1.54, 1.807) is 37.9 Å². The Hall–Kier alpha value is -4.62. The average Bonchev–Trinajstić information content (AvgIpc) is 2.90. The topological polar surface area (TPSA) is 125 Å². The molecule has 39 heavy (non-hydrogen) atoms. The van der Waals surface area contributed by atoms with E-state index in [0.29, 0.717) is 0 Å². The molecule has 0 aliphatic carbocycles. The molecule has 1 atom stereocenters. The van der Waals surface area contributed by atoms with Gasteiger partial charge in [0, 0.05) is 12.7 Å². The molecule has 0 spiro atoms. The summed E-state index contributed by atoms with van der Waals surface area (Å²) >= 11 is 0. The van der Waals surface area contributed by atoms with Crippen LogP contribution in [0, 0.1) is 0 Å². The number of alkyl carbamates (subject to hydrolysis) is 1. The number of hydrogen-bond acceptors (Lipinski definition) is 6. The van der Waals surface area contributed by atoms with E-state index in [9.17, 15) is 24.3 Å². The van der Waals surface area contributed by atoms with Crippen molar-refractivity contribution < 1.29 is 29.0 Å². The zero-order chi connectivity index (χ0) is 28.4. The van der Waals surface area contributed by atoms with E-state index >= 15 is 0 Å². The summed E-state index contributed by atoms with van der Waals surface area (Å²) in [6, 6.07) is 17.4. The number of carboxylic acids is 1. The van der Waals surface area contributed by atoms with Crippen molar-refractivity contribution in [3.63, 3.8) is 0 Å². The summed E-state index contributed by atoms with van der Waals surface area (Å²) in [7, 11) is 0. The fourth-order valence-electron chi connectivity index (χ4n) is 4.12. The molecule has 204 valence electrons. The van der Waals surface area contributed by atoms with Gasteiger partial charge in [-0.2, -0.15) is 0 Å². The summed E-state index contributed by atoms with van der Waals surface area (Å²) in [5, 5.41) is 14.8. The number of carboxylic acid groups (broad SMARTS) is 1. The lowest BCUT2D eigenvalue weighted by molar-refractivity contribution is -0.141. The van der Waals surface area contributed by atoms with Gasteiger partial charge in [-0.1, -0.05) is 60.7 Å². The van der Waals surface area contributed by atoms with E-state index < -0.39 is 35.7 Å². The zero-order valence-electron chi connectivity index (χ0n) is 22.2. The minimum Gasteiger partial charge on any atom is -0.480 e. The molecule has 1 aliphatic rings. The first kappa shape index (κ1) is 28.9. The molecule has 9 heteroatoms. The molecule has 0 bridgehead atoms. The maximum Gasteiger partial charge on any atom is 0.407 e. The highest BCUT2D eigenvalue weighted by Gasteiger charge is 2.31. The van der Waals surface area contributed by atoms with Crippen LogP contribution in [-0.2, 0) is 19.1 Å². The largest absolute Gasteiger partial charge is 0.480 e. The molecule has 0 aromatic heterocycles. The van der Waals surface area contributed by atoms with Gasteiger partial charge in [0.2, 0.25) is 0 Å². The van der Waals surface area contributed by atoms with Crippen LogP contribution in [0.4, 0.5) is 4.79 Å². The number of rotatable bonds is 10. The average molecular weight is 532 g/mol. The quantitative estimate of drug-likeness (QED) is 0.311. The number of allylic oxidation sites excluding steroid dienone is 2. The van der Waals surface area contributed by atoms with Crippen molar-refractivity contribution in [3.8, 4) is 0 Å². The van der Waals surface area contributed by atoms with Crippen LogP contribution in [0.5, 0.6) is 0 Å². The monoisotopic (exact) mass is 531 g/mol. The van der Waals surface area contributed by atoms with Gasteiger partial charge in [-0.05, 0) is 56.9 Å². The number of ether oxygens (including phenoxy) is 1. The Morgan fingerprint density at radius 1 is 1.00 bits per heavy atom. The van der Waals surface area contributed by atoms with Crippen LogP contribution in [0.15, 0.2) is 90.3 Å². The number of benzene rings is 2. The highest BCUT2D eigenvalue weighted by atomic mass is 16.6. The highest BCUT2D eigenvalue weighted by Crippen LogP contribution is 2.35. The molecule has 1 unspecified atom stereocenters. The minimum atomic E-state index is -1.23. The maximum atomic E-state index is 13.2. The molecular formula is C30H33N3O6. The van der Waals surface area contributed by atoms with Gasteiger partial charge in [-0.15, -0.1) is 0 Å². The van der Waals surface area contributed by atoms with Crippen LogP contribution < -0.4 is 10.6 Å². The van der Waals surface area contributed by atoms with E-state index in [-0.39, 0.29) is 30.7 Å². The molecule has 0 fully saturated rings. The molecule has 3 rings (SSSR count). The first-order valence-electron chi connectivity index (χ1n) is 12.6. The molecule has 1 heterocycles. The van der Waals surface area contributed by atoms with Crippen LogP contribution in [0.25, 0.3) is 0 Å². The fourth-order valence-corrected chi connectivity index (χ4v) is 4.12. The molecular weight excluding hydrogens is 498 g/mol. The number of nitrogens with zero attached hydrogens (tertiary/aromatic N) is 1. The number of amides is 2. The third kappa shape index (κ3) is 8.18. The third-order valence-corrected chi connectivity index (χ3v) is 5.81. The molecule has 0 radical (unpaired) electrons. The smallest absolute Gasteiger partial charge is 0.407 e. The van der Waals surface area contributed by atoms with Gasteiger partial charge in [-0.25, -0.2) is 14.4 Å². The molecule has 2 amide bonds. The van der Waals surface area contributed by atoms with E-state index in [1.807, 2.05) is 66.6 Å². The Labute approximate surface area is 227 Å². The van der Waals surface area contributed by atoms with Gasteiger partial charge in [-0.3, -0.25) is 4.79 Å². The lowest BCUT2D eigenvalue weighted by Crippen LogP contribution is -2.43. The van der Waals surface area contributed by atoms with Gasteiger partial charge in [0.25, 0.3) is 5.91 Å². The number of carbonyl (C=O) groups excluding carboxylic acids is 3. The predicted octanol–water partition coefficient (Wildman–Crippen LogP) is 4.12. The van der Waals surface area contributed by atoms with Gasteiger partial charge in [0.05, 0.1) is 11.6 Å². The number of aliphatic carboxylic acids is 1. The van der Waals surface area contributed by atoms with Crippen LogP contribution in [0.1, 0.15) is 50.8 Å². The Morgan fingerprint density at radius 2 is 1.59 bits per heavy atom. The number of nitrogens with one attached hydrogen (secondary N) is 2. The summed E-state index contributed by atoms with van der Waals surface area (Å²) in [6.45, 7) is 5.39. The fraction of sp³-hybridized carbons (Fsp3) is 0.300. The summed E-state index contributed by atoms with van der Waals surface area (Å²) in [4.78, 5) is 50.8. The van der Waals surface area contributed by atoms with Gasteiger partial charge < -0.3 is 25.4 Å². The zero-order valence-corrected chi connectivity index (χ0v) is 22.2. The summed E-state index contributed by atoms with van der Waals surface area (Å²) < 4.78 is 5.16. The maximum absolute atomic E-state index is 13.2. The highest BCUT2D eigenvalue weighted by molar-refractivity contribution is 6.02. The van der Waals surface area contributed by atoms with E-state index in [1.165, 1.54) is 6.08 Å². The number of carbonyl (C=O) groups is 3. The van der Waals surface area contributed by atoms with Crippen molar-refractivity contribution in [2.24, 2.45) is 0 Å². The van der Waals surface area contributed by atoms with Crippen molar-refractivity contribution in [1.82, 2.24) is 15.5 Å². The Balaban J connectivity index is 1.73. The normalized spacial score (nSPS) is 13.8. The van der Waals surface area contributed by atoms with Gasteiger partial charge in [0.1, 0.15) is 17.3 Å². The van der Waals surface area contributed by atoms with Crippen LogP contribution in [-0.4, -0.2) is 52.1 Å². The van der Waals surface area contributed by atoms with Crippen molar-refractivity contribution >= 4 is 23.9 Å². The van der Waals surface area contributed by atoms with E-state index in [0.717, 1.165) is 11.1 Å². The second kappa shape index (κ2) is 13.3. The van der Waals surface area contributed by atoms with Crippen molar-refractivity contribution in [3.05, 3.63) is 101 Å². The first-order valence-corrected chi connectivity index (χ1v) is 12.6. The summed E-state index contributed by atoms with van der Waals surface area (Å²) in [5.41, 5.74) is 1.12. The third-order valence-electron chi connectivity index (χ3n) is 5.81. The van der Waals surface area contributed by atoms with E-state index in [4.69, 9.17) is 4.74 Å². The van der Waals surface area contributed by atoms with E-state index in [2.05, 4.69) is 10.6 Å². The predicted molar refractivity (Wildman–Crippen MR) is 146 cm³/mol. The SMILES string of the molecule is CC(C)(C)OC(=O)NCCCC(NC(=O)C1=CC=CN(C(c2ccccc2)c2ccccc2)C1=C=O)C(=O)O. The Morgan fingerprint density at radius 3 is 2.10 bits per heavy atom. The Kier molecular flexibility index (Phi) is 9.84. The Bertz CT molecular complexity index is 1240. The second-order valence-electron chi connectivity index (χ2n) is 9.94. The van der Waals surface area contributed by atoms with Crippen molar-refractivity contribution in [2.45, 2.75) is 51.3 Å². The van der Waals surface area contributed by atoms with Crippen LogP contribution in [0.3, 0.4) is 0 Å². The van der Waals surface area contributed by atoms with Gasteiger partial charge >= 0.3 is 12.1 Å². The minimum absolute atomic E-state index is 0.00231. The van der Waals surface area contributed by atoms with Gasteiger partial charge in [0.15, 0.2) is 5.94 Å². The second-order valence-corrected chi connectivity index (χ2v) is 9.94. The lowest BCUT2D eigenvalue weighted by Gasteiger charge is -2.34. The molecule has 3 N–H and O–H groups in total. The molecule has 9 nitrogen and oxygen atoms in total. The standard InChI is InChI=1S/C30H33N3O6/c1-30(2,3)39-29(38)31-18-10-17-24(28(36)37)32-27(35)23-16-11-19-33(25(23)20-34)26(21-12-6-4-7-13-21)22-14-8-5-9-15-22/h4-9,11-16,19,24,26H,10,17-18H2,1-3H3,(H,31,38)(H,32,35)(H,36,37). The lowest BCUT2D eigenvalue weighted by atomic mass is 9.94.